The third-order valence-electron chi connectivity index (χ3n) is 5.39. The maximum Gasteiger partial charge on any atom is 0.0841 e. The molecule has 0 spiro atoms. The molecule has 0 atom stereocenters. The summed E-state index contributed by atoms with van der Waals surface area (Å²) >= 11 is 0. The van der Waals surface area contributed by atoms with Crippen LogP contribution in [0, 0.1) is 0 Å². The first kappa shape index (κ1) is 8.29. The summed E-state index contributed by atoms with van der Waals surface area (Å²) in [5, 5.41) is -1.18. The van der Waals surface area contributed by atoms with E-state index in [0.717, 1.165) is 10.6 Å². The Bertz CT molecular complexity index is 2930. The lowest BCUT2D eigenvalue weighted by Gasteiger charge is -2.10. The molecule has 2 aromatic heterocycles. The third kappa shape index (κ3) is 3.80. The van der Waals surface area contributed by atoms with Crippen molar-refractivity contribution in [2.24, 2.45) is 0 Å². The number of pyridine rings is 1. The quantitative estimate of drug-likeness (QED) is 0.238. The van der Waals surface area contributed by atoms with Crippen molar-refractivity contribution in [3.05, 3.63) is 145 Å². The zero-order valence-corrected chi connectivity index (χ0v) is 18.5. The van der Waals surface area contributed by atoms with Gasteiger partial charge < -0.3 is 4.57 Å². The molecule has 174 valence electrons. The predicted octanol–water partition coefficient (Wildman–Crippen LogP) is 9.18. The van der Waals surface area contributed by atoms with Crippen molar-refractivity contribution in [1.82, 2.24) is 9.55 Å². The Morgan fingerprint density at radius 2 is 1.03 bits per heavy atom. The molecule has 0 N–H and O–H groups in total. The Kier molecular flexibility index (Phi) is 2.00. The van der Waals surface area contributed by atoms with E-state index >= 15 is 0 Å². The highest BCUT2D eigenvalue weighted by Crippen LogP contribution is 2.37. The van der Waals surface area contributed by atoms with Crippen molar-refractivity contribution in [2.45, 2.75) is 0 Å². The van der Waals surface area contributed by atoms with Gasteiger partial charge in [0.15, 0.2) is 0 Å². The summed E-state index contributed by atoms with van der Waals surface area (Å²) in [7, 11) is 0. The van der Waals surface area contributed by atoms with Crippen LogP contribution in [0.2, 0.25) is 0 Å². The van der Waals surface area contributed by atoms with Gasteiger partial charge in [0.1, 0.15) is 0 Å². The van der Waals surface area contributed by atoms with Gasteiger partial charge in [-0.3, -0.25) is 4.98 Å². The number of benzene rings is 5. The van der Waals surface area contributed by atoms with Gasteiger partial charge in [0.2, 0.25) is 0 Å². The first-order chi connectivity index (χ1) is 27.9. The number of nitrogens with zero attached hydrogens (tertiary/aromatic N) is 2. The van der Waals surface area contributed by atoms with Crippen molar-refractivity contribution >= 4 is 21.8 Å². The van der Waals surface area contributed by atoms with Crippen LogP contribution < -0.4 is 0 Å². The molecule has 2 heterocycles. The van der Waals surface area contributed by atoms with E-state index in [2.05, 4.69) is 4.98 Å². The SMILES string of the molecule is [2H]c1cc(-c2nc([2H])c([2H])c(-n3c4c([2H])c([2H])c(-c5c([2H])c([2H])c([2H])c([2H])c5[2H])c([2H])c4c4c([2H])c(-c5c([2H])c([2H])c([2H])c([2H])c5[2H])c([2H])c([2H])c43)c2[2H])c([2H])c([2H])c1[2H]. The van der Waals surface area contributed by atoms with Crippen LogP contribution >= 0.6 is 0 Å². The molecule has 0 radical (unpaired) electrons. The maximum atomic E-state index is 9.53. The van der Waals surface area contributed by atoms with E-state index in [1.165, 1.54) is 0 Å². The van der Waals surface area contributed by atoms with Gasteiger partial charge in [0.25, 0.3) is 0 Å². The van der Waals surface area contributed by atoms with Crippen LogP contribution in [0.4, 0.5) is 0 Å². The molecule has 0 saturated carbocycles. The van der Waals surface area contributed by atoms with Gasteiger partial charge >= 0.3 is 0 Å². The van der Waals surface area contributed by atoms with Crippen molar-refractivity contribution in [3.63, 3.8) is 0 Å². The Balaban J connectivity index is 1.80. The molecule has 0 aliphatic heterocycles. The molecule has 0 saturated heterocycles. The van der Waals surface area contributed by atoms with Crippen LogP contribution in [-0.4, -0.2) is 9.55 Å². The van der Waals surface area contributed by atoms with E-state index < -0.39 is 200 Å². The normalized spacial score (nSPS) is 19.9. The molecule has 0 aliphatic rings. The lowest BCUT2D eigenvalue weighted by atomic mass is 10.0. The molecule has 0 unspecified atom stereocenters. The van der Waals surface area contributed by atoms with Gasteiger partial charge in [-0.1, -0.05) is 103 Å². The molecule has 0 bridgehead atoms. The second-order valence-corrected chi connectivity index (χ2v) is 7.53. The van der Waals surface area contributed by atoms with Crippen LogP contribution in [-0.2, 0) is 0 Å². The van der Waals surface area contributed by atoms with Crippen LogP contribution in [0.15, 0.2) is 145 Å². The standard InChI is InChI=1S/C35H24N2/c1-4-10-25(11-5-1)28-16-18-34-31(22-28)32-23-29(26-12-6-2-7-13-26)17-19-35(32)37(34)30-20-21-36-33(24-30)27-14-8-3-9-15-27/h1-24H/i1D,2D,3D,4D,5D,6D,7D,8D,9D,10D,11D,12D,13D,14D,16D,17D,18D,19D,20D,21D,22D,23D,24D. The lowest BCUT2D eigenvalue weighted by Crippen LogP contribution is -1.95. The highest BCUT2D eigenvalue weighted by Gasteiger charge is 2.15. The Labute approximate surface area is 248 Å². The second kappa shape index (κ2) is 8.92. The largest absolute Gasteiger partial charge is 0.309 e. The van der Waals surface area contributed by atoms with Crippen LogP contribution in [0.3, 0.4) is 0 Å². The van der Waals surface area contributed by atoms with Gasteiger partial charge in [-0.05, 0) is 58.5 Å². The van der Waals surface area contributed by atoms with Crippen LogP contribution in [0.1, 0.15) is 31.5 Å². The van der Waals surface area contributed by atoms with E-state index in [0.29, 0.717) is 0 Å². The van der Waals surface area contributed by atoms with Crippen molar-refractivity contribution in [2.75, 3.05) is 0 Å². The topological polar surface area (TPSA) is 17.8 Å². The average Bonchev–Trinajstić information content (AvgIpc) is 3.57. The number of fused-ring (bicyclic) bond motifs is 3. The van der Waals surface area contributed by atoms with Crippen LogP contribution in [0.5, 0.6) is 0 Å². The van der Waals surface area contributed by atoms with Crippen LogP contribution in [0.25, 0.3) is 61.0 Å². The Hall–Kier alpha value is -4.95. The molecule has 5 aromatic carbocycles. The first-order valence-corrected chi connectivity index (χ1v) is 10.7. The van der Waals surface area contributed by atoms with Crippen molar-refractivity contribution < 1.29 is 31.5 Å². The molecule has 7 aromatic rings. The van der Waals surface area contributed by atoms with E-state index in [-0.39, 0.29) is 0 Å². The molecule has 37 heavy (non-hydrogen) atoms. The molecular formula is C35H24N2. The summed E-state index contributed by atoms with van der Waals surface area (Å²) in [4.78, 5) is 3.96. The first-order valence-electron chi connectivity index (χ1n) is 22.2. The third-order valence-corrected chi connectivity index (χ3v) is 5.39. The van der Waals surface area contributed by atoms with E-state index in [1.54, 1.807) is 0 Å². The molecule has 0 fully saturated rings. The van der Waals surface area contributed by atoms with Gasteiger partial charge in [0.05, 0.1) is 48.3 Å². The van der Waals surface area contributed by atoms with Crippen molar-refractivity contribution in [3.8, 4) is 39.2 Å². The minimum Gasteiger partial charge on any atom is -0.309 e. The summed E-state index contributed by atoms with van der Waals surface area (Å²) < 4.78 is 200. The number of hydrogen-bond donors (Lipinski definition) is 0. The minimum absolute atomic E-state index is 0.407. The number of aromatic nitrogens is 2. The molecule has 0 aliphatic carbocycles. The monoisotopic (exact) mass is 495 g/mol. The maximum absolute atomic E-state index is 9.53. The van der Waals surface area contributed by atoms with Gasteiger partial charge in [-0.2, -0.15) is 0 Å². The van der Waals surface area contributed by atoms with Crippen molar-refractivity contribution in [1.29, 1.82) is 0 Å². The van der Waals surface area contributed by atoms with E-state index in [4.69, 9.17) is 24.7 Å². The molecule has 0 amide bonds. The zero-order chi connectivity index (χ0) is 44.6. The summed E-state index contributed by atoms with van der Waals surface area (Å²) in [6, 6.07) is -17.6. The van der Waals surface area contributed by atoms with Gasteiger partial charge in [0, 0.05) is 28.2 Å². The number of rotatable bonds is 4. The second-order valence-electron chi connectivity index (χ2n) is 7.53. The molecule has 2 nitrogen and oxygen atoms in total. The fourth-order valence-electron chi connectivity index (χ4n) is 3.79. The average molecular weight is 496 g/mol. The molecule has 2 heteroatoms. The summed E-state index contributed by atoms with van der Waals surface area (Å²) in [6.45, 7) is 0. The predicted molar refractivity (Wildman–Crippen MR) is 155 cm³/mol. The van der Waals surface area contributed by atoms with E-state index in [1.807, 2.05) is 0 Å². The fraction of sp³-hybridized carbons (Fsp3) is 0. The minimum atomic E-state index is -0.944. The highest BCUT2D eigenvalue weighted by atomic mass is 15.0. The van der Waals surface area contributed by atoms with Gasteiger partial charge in [-0.25, -0.2) is 0 Å². The summed E-state index contributed by atoms with van der Waals surface area (Å²) in [5.74, 6) is 0. The fourth-order valence-corrected chi connectivity index (χ4v) is 3.79. The lowest BCUT2D eigenvalue weighted by molar-refractivity contribution is 1.16. The Morgan fingerprint density at radius 3 is 1.62 bits per heavy atom. The Morgan fingerprint density at radius 1 is 0.486 bits per heavy atom. The number of hydrogen-bond acceptors (Lipinski definition) is 1. The molecular weight excluding hydrogens is 448 g/mol. The summed E-state index contributed by atoms with van der Waals surface area (Å²) in [6.07, 6.45) is -0.905. The van der Waals surface area contributed by atoms with E-state index in [9.17, 15) is 6.85 Å². The smallest absolute Gasteiger partial charge is 0.0841 e. The molecule has 7 rings (SSSR count). The summed E-state index contributed by atoms with van der Waals surface area (Å²) in [5.41, 5.74) is -5.84. The zero-order valence-electron chi connectivity index (χ0n) is 41.5. The highest BCUT2D eigenvalue weighted by molar-refractivity contribution is 6.11. The van der Waals surface area contributed by atoms with Gasteiger partial charge in [-0.15, -0.1) is 0 Å².